The Morgan fingerprint density at radius 3 is 2.55 bits per heavy atom. The van der Waals surface area contributed by atoms with Gasteiger partial charge in [0.1, 0.15) is 6.33 Å². The number of thioether (sulfide) groups is 1. The minimum atomic E-state index is -0.290. The highest BCUT2D eigenvalue weighted by Crippen LogP contribution is 2.30. The third-order valence-corrected chi connectivity index (χ3v) is 5.91. The average Bonchev–Trinajstić information content (AvgIpc) is 3.25. The quantitative estimate of drug-likeness (QED) is 0.382. The van der Waals surface area contributed by atoms with Gasteiger partial charge in [-0.15, -0.1) is 11.8 Å². The standard InChI is InChI=1S/C24H22N4O4S/c1-31-20-12-11-16(13-21(20)32-2)26-23(29)14-33-22-10-6-3-7-17(22)24(30)27-28-15-25-18-8-4-5-9-19(18)28/h3-13,15H,14H2,1-2H3,(H,26,29)(H,27,30). The summed E-state index contributed by atoms with van der Waals surface area (Å²) in [5.74, 6) is 0.740. The van der Waals surface area contributed by atoms with Crippen molar-refractivity contribution in [1.29, 1.82) is 0 Å². The number of anilines is 1. The molecule has 0 aliphatic carbocycles. The molecule has 0 radical (unpaired) electrons. The molecule has 168 valence electrons. The number of amides is 2. The summed E-state index contributed by atoms with van der Waals surface area (Å²) in [4.78, 5) is 30.4. The molecule has 8 nitrogen and oxygen atoms in total. The fourth-order valence-electron chi connectivity index (χ4n) is 3.25. The van der Waals surface area contributed by atoms with E-state index in [1.54, 1.807) is 48.4 Å². The Bertz CT molecular complexity index is 1300. The second-order valence-corrected chi connectivity index (χ2v) is 7.96. The van der Waals surface area contributed by atoms with Crippen LogP contribution in [-0.2, 0) is 4.79 Å². The van der Waals surface area contributed by atoms with Crippen molar-refractivity contribution in [2.45, 2.75) is 4.90 Å². The molecule has 2 N–H and O–H groups in total. The first-order valence-electron chi connectivity index (χ1n) is 10.1. The lowest BCUT2D eigenvalue weighted by Crippen LogP contribution is -2.22. The number of para-hydroxylation sites is 2. The van der Waals surface area contributed by atoms with Crippen molar-refractivity contribution in [3.8, 4) is 11.5 Å². The summed E-state index contributed by atoms with van der Waals surface area (Å²) in [6.07, 6.45) is 1.56. The first kappa shape index (κ1) is 22.2. The van der Waals surface area contributed by atoms with Gasteiger partial charge < -0.3 is 14.8 Å². The predicted octanol–water partition coefficient (Wildman–Crippen LogP) is 4.17. The van der Waals surface area contributed by atoms with Crippen LogP contribution in [0.3, 0.4) is 0 Å². The highest BCUT2D eigenvalue weighted by molar-refractivity contribution is 8.00. The highest BCUT2D eigenvalue weighted by atomic mass is 32.2. The fourth-order valence-corrected chi connectivity index (χ4v) is 4.10. The lowest BCUT2D eigenvalue weighted by molar-refractivity contribution is -0.113. The third kappa shape index (κ3) is 5.09. The summed E-state index contributed by atoms with van der Waals surface area (Å²) in [7, 11) is 3.09. The topological polar surface area (TPSA) is 94.5 Å². The molecule has 3 aromatic carbocycles. The first-order chi connectivity index (χ1) is 16.1. The second-order valence-electron chi connectivity index (χ2n) is 6.95. The molecule has 0 saturated carbocycles. The number of aromatic nitrogens is 2. The van der Waals surface area contributed by atoms with Gasteiger partial charge in [-0.1, -0.05) is 24.3 Å². The molecule has 4 aromatic rings. The summed E-state index contributed by atoms with van der Waals surface area (Å²) in [5, 5.41) is 2.84. The summed E-state index contributed by atoms with van der Waals surface area (Å²) in [6.45, 7) is 0. The zero-order chi connectivity index (χ0) is 23.2. The molecule has 0 fully saturated rings. The summed E-state index contributed by atoms with van der Waals surface area (Å²) in [6, 6.07) is 19.8. The summed E-state index contributed by atoms with van der Waals surface area (Å²) >= 11 is 1.28. The van der Waals surface area contributed by atoms with Crippen molar-refractivity contribution in [2.75, 3.05) is 30.7 Å². The molecule has 4 rings (SSSR count). The number of hydrogen-bond acceptors (Lipinski definition) is 6. The van der Waals surface area contributed by atoms with E-state index in [1.165, 1.54) is 18.9 Å². The molecule has 2 amide bonds. The van der Waals surface area contributed by atoms with E-state index in [-0.39, 0.29) is 17.6 Å². The molecule has 33 heavy (non-hydrogen) atoms. The molecule has 0 unspecified atom stereocenters. The number of benzene rings is 3. The van der Waals surface area contributed by atoms with Crippen molar-refractivity contribution >= 4 is 40.3 Å². The van der Waals surface area contributed by atoms with Crippen LogP contribution >= 0.6 is 11.8 Å². The van der Waals surface area contributed by atoms with Crippen molar-refractivity contribution in [3.63, 3.8) is 0 Å². The minimum Gasteiger partial charge on any atom is -0.493 e. The van der Waals surface area contributed by atoms with Gasteiger partial charge in [0.05, 0.1) is 36.6 Å². The van der Waals surface area contributed by atoms with Crippen LogP contribution in [-0.4, -0.2) is 41.4 Å². The van der Waals surface area contributed by atoms with Gasteiger partial charge in [-0.3, -0.25) is 15.0 Å². The van der Waals surface area contributed by atoms with Crippen LogP contribution in [0.5, 0.6) is 11.5 Å². The molecule has 0 bridgehead atoms. The third-order valence-electron chi connectivity index (χ3n) is 4.83. The normalized spacial score (nSPS) is 10.6. The smallest absolute Gasteiger partial charge is 0.271 e. The zero-order valence-corrected chi connectivity index (χ0v) is 18.9. The molecule has 9 heteroatoms. The number of rotatable bonds is 8. The van der Waals surface area contributed by atoms with Crippen LogP contribution in [0, 0.1) is 0 Å². The van der Waals surface area contributed by atoms with Crippen molar-refractivity contribution in [3.05, 3.63) is 78.6 Å². The lowest BCUT2D eigenvalue weighted by Gasteiger charge is -2.12. The van der Waals surface area contributed by atoms with Gasteiger partial charge in [0, 0.05) is 16.6 Å². The van der Waals surface area contributed by atoms with Gasteiger partial charge >= 0.3 is 0 Å². The van der Waals surface area contributed by atoms with E-state index in [1.807, 2.05) is 36.4 Å². The summed E-state index contributed by atoms with van der Waals surface area (Å²) < 4.78 is 12.1. The number of carbonyl (C=O) groups is 2. The zero-order valence-electron chi connectivity index (χ0n) is 18.1. The van der Waals surface area contributed by atoms with Gasteiger partial charge in [0.2, 0.25) is 5.91 Å². The molecule has 0 saturated heterocycles. The first-order valence-corrected chi connectivity index (χ1v) is 11.0. The summed E-state index contributed by atoms with van der Waals surface area (Å²) in [5.41, 5.74) is 5.49. The molecule has 0 spiro atoms. The Morgan fingerprint density at radius 2 is 1.73 bits per heavy atom. The SMILES string of the molecule is COc1ccc(NC(=O)CSc2ccccc2C(=O)Nn2cnc3ccccc32)cc1OC. The average molecular weight is 463 g/mol. The molecule has 0 aliphatic rings. The van der Waals surface area contributed by atoms with Crippen molar-refractivity contribution in [1.82, 2.24) is 9.66 Å². The van der Waals surface area contributed by atoms with E-state index in [0.29, 0.717) is 27.6 Å². The van der Waals surface area contributed by atoms with E-state index >= 15 is 0 Å². The number of nitrogens with zero attached hydrogens (tertiary/aromatic N) is 2. The van der Waals surface area contributed by atoms with Crippen LogP contribution in [0.4, 0.5) is 5.69 Å². The Labute approximate surface area is 194 Å². The van der Waals surface area contributed by atoms with Crippen LogP contribution in [0.2, 0.25) is 0 Å². The molecule has 1 heterocycles. The van der Waals surface area contributed by atoms with Gasteiger partial charge in [0.15, 0.2) is 11.5 Å². The molecule has 1 aromatic heterocycles. The maximum Gasteiger partial charge on any atom is 0.271 e. The van der Waals surface area contributed by atoms with Crippen molar-refractivity contribution < 1.29 is 19.1 Å². The maximum atomic E-state index is 12.9. The van der Waals surface area contributed by atoms with E-state index in [4.69, 9.17) is 9.47 Å². The van der Waals surface area contributed by atoms with E-state index in [9.17, 15) is 9.59 Å². The predicted molar refractivity (Wildman–Crippen MR) is 129 cm³/mol. The number of fused-ring (bicyclic) bond motifs is 1. The Morgan fingerprint density at radius 1 is 0.970 bits per heavy atom. The molecule has 0 atom stereocenters. The number of carbonyl (C=O) groups excluding carboxylic acids is 2. The molecule has 0 aliphatic heterocycles. The van der Waals surface area contributed by atoms with Gasteiger partial charge in [-0.25, -0.2) is 9.66 Å². The fraction of sp³-hybridized carbons (Fsp3) is 0.125. The molecular weight excluding hydrogens is 440 g/mol. The van der Waals surface area contributed by atoms with Gasteiger partial charge in [-0.05, 0) is 36.4 Å². The van der Waals surface area contributed by atoms with Gasteiger partial charge in [-0.2, -0.15) is 0 Å². The number of hydrogen-bond donors (Lipinski definition) is 2. The second kappa shape index (κ2) is 10.1. The maximum absolute atomic E-state index is 12.9. The molecular formula is C24H22N4O4S. The van der Waals surface area contributed by atoms with Crippen LogP contribution in [0.15, 0.2) is 78.0 Å². The number of ether oxygens (including phenoxy) is 2. The van der Waals surface area contributed by atoms with E-state index in [2.05, 4.69) is 15.7 Å². The largest absolute Gasteiger partial charge is 0.493 e. The monoisotopic (exact) mass is 462 g/mol. The van der Waals surface area contributed by atoms with Crippen LogP contribution < -0.4 is 20.2 Å². The van der Waals surface area contributed by atoms with Gasteiger partial charge in [0.25, 0.3) is 5.91 Å². The van der Waals surface area contributed by atoms with Crippen molar-refractivity contribution in [2.24, 2.45) is 0 Å². The number of imidazole rings is 1. The number of methoxy groups -OCH3 is 2. The van der Waals surface area contributed by atoms with E-state index in [0.717, 1.165) is 11.0 Å². The Kier molecular flexibility index (Phi) is 6.80. The lowest BCUT2D eigenvalue weighted by atomic mass is 10.2. The minimum absolute atomic E-state index is 0.132. The Hall–Kier alpha value is -3.98. The number of nitrogens with one attached hydrogen (secondary N) is 2. The van der Waals surface area contributed by atoms with E-state index < -0.39 is 0 Å². The van der Waals surface area contributed by atoms with Crippen LogP contribution in [0.1, 0.15) is 10.4 Å². The highest BCUT2D eigenvalue weighted by Gasteiger charge is 2.15. The van der Waals surface area contributed by atoms with Crippen LogP contribution in [0.25, 0.3) is 11.0 Å². The Balaban J connectivity index is 1.42.